The summed E-state index contributed by atoms with van der Waals surface area (Å²) in [6.45, 7) is 6.45. The molecule has 3 aromatic rings. The van der Waals surface area contributed by atoms with Gasteiger partial charge in [0.15, 0.2) is 5.78 Å². The molecule has 0 fully saturated rings. The minimum atomic E-state index is 0.138. The van der Waals surface area contributed by atoms with E-state index < -0.39 is 0 Å². The number of hydrogen-bond acceptors (Lipinski definition) is 5. The van der Waals surface area contributed by atoms with E-state index in [0.29, 0.717) is 28.8 Å². The molecule has 0 amide bonds. The second-order valence-electron chi connectivity index (χ2n) is 7.01. The third-order valence-corrected chi connectivity index (χ3v) is 5.69. The van der Waals surface area contributed by atoms with Gasteiger partial charge in [0, 0.05) is 12.6 Å². The molecule has 5 nitrogen and oxygen atoms in total. The molecule has 1 aliphatic rings. The molecule has 0 N–H and O–H groups in total. The van der Waals surface area contributed by atoms with Gasteiger partial charge in [-0.1, -0.05) is 56.8 Å². The van der Waals surface area contributed by atoms with Crippen molar-refractivity contribution in [3.63, 3.8) is 0 Å². The Bertz CT molecular complexity index is 962. The lowest BCUT2D eigenvalue weighted by Crippen LogP contribution is -2.22. The van der Waals surface area contributed by atoms with Gasteiger partial charge in [0.1, 0.15) is 0 Å². The van der Waals surface area contributed by atoms with E-state index in [-0.39, 0.29) is 11.7 Å². The SMILES string of the molecule is CCSc1nc2ncc3c(n2n1)CC(c1ccc(C(C)C)cc1)CC3=O. The Labute approximate surface area is 157 Å². The Morgan fingerprint density at radius 2 is 2.00 bits per heavy atom. The van der Waals surface area contributed by atoms with Crippen LogP contribution in [0.25, 0.3) is 5.78 Å². The second-order valence-corrected chi connectivity index (χ2v) is 8.24. The Hall–Kier alpha value is -2.21. The van der Waals surface area contributed by atoms with Crippen LogP contribution in [0.5, 0.6) is 0 Å². The molecular formula is C20H22N4OS. The van der Waals surface area contributed by atoms with E-state index >= 15 is 0 Å². The first-order valence-electron chi connectivity index (χ1n) is 9.07. The van der Waals surface area contributed by atoms with Crippen molar-refractivity contribution in [2.75, 3.05) is 5.75 Å². The first kappa shape index (κ1) is 17.2. The number of ketones is 1. The van der Waals surface area contributed by atoms with E-state index in [1.165, 1.54) is 11.1 Å². The Balaban J connectivity index is 1.72. The van der Waals surface area contributed by atoms with Crippen LogP contribution in [0.2, 0.25) is 0 Å². The summed E-state index contributed by atoms with van der Waals surface area (Å²) in [4.78, 5) is 21.5. The summed E-state index contributed by atoms with van der Waals surface area (Å²) in [7, 11) is 0. The van der Waals surface area contributed by atoms with E-state index in [0.717, 1.165) is 17.9 Å². The fraction of sp³-hybridized carbons (Fsp3) is 0.400. The highest BCUT2D eigenvalue weighted by Gasteiger charge is 2.29. The van der Waals surface area contributed by atoms with Gasteiger partial charge in [0.2, 0.25) is 5.16 Å². The molecule has 134 valence electrons. The standard InChI is InChI=1S/C20H22N4OS/c1-4-26-20-22-19-21-11-16-17(24(19)23-20)9-15(10-18(16)25)14-7-5-13(6-8-14)12(2)3/h5-8,11-12,15H,4,9-10H2,1-3H3. The quantitative estimate of drug-likeness (QED) is 0.645. The van der Waals surface area contributed by atoms with Gasteiger partial charge < -0.3 is 0 Å². The van der Waals surface area contributed by atoms with Crippen molar-refractivity contribution in [2.24, 2.45) is 0 Å². The van der Waals surface area contributed by atoms with Gasteiger partial charge in [0.05, 0.1) is 11.3 Å². The number of nitrogens with zero attached hydrogens (tertiary/aromatic N) is 4. The number of carbonyl (C=O) groups excluding carboxylic acids is 1. The molecule has 2 aromatic heterocycles. The topological polar surface area (TPSA) is 60.1 Å². The first-order valence-corrected chi connectivity index (χ1v) is 10.1. The summed E-state index contributed by atoms with van der Waals surface area (Å²) in [6, 6.07) is 8.67. The molecule has 4 rings (SSSR count). The van der Waals surface area contributed by atoms with Gasteiger partial charge in [0.25, 0.3) is 5.78 Å². The molecule has 2 heterocycles. The maximum atomic E-state index is 12.7. The Morgan fingerprint density at radius 1 is 1.23 bits per heavy atom. The first-order chi connectivity index (χ1) is 12.6. The van der Waals surface area contributed by atoms with E-state index in [2.05, 4.69) is 60.1 Å². The van der Waals surface area contributed by atoms with Crippen molar-refractivity contribution in [3.8, 4) is 0 Å². The number of fused-ring (bicyclic) bond motifs is 3. The molecule has 0 saturated carbocycles. The average Bonchev–Trinajstić information content (AvgIpc) is 3.05. The van der Waals surface area contributed by atoms with Gasteiger partial charge in [-0.3, -0.25) is 4.79 Å². The minimum absolute atomic E-state index is 0.138. The van der Waals surface area contributed by atoms with Crippen molar-refractivity contribution in [1.82, 2.24) is 19.6 Å². The number of hydrogen-bond donors (Lipinski definition) is 0. The molecule has 1 atom stereocenters. The normalized spacial score (nSPS) is 17.1. The van der Waals surface area contributed by atoms with Crippen LogP contribution in [0, 0.1) is 0 Å². The zero-order valence-electron chi connectivity index (χ0n) is 15.3. The van der Waals surface area contributed by atoms with Crippen molar-refractivity contribution in [3.05, 3.63) is 52.8 Å². The molecule has 0 bridgehead atoms. The largest absolute Gasteiger partial charge is 0.294 e. The van der Waals surface area contributed by atoms with Crippen LogP contribution in [0.15, 0.2) is 35.6 Å². The number of thioether (sulfide) groups is 1. The van der Waals surface area contributed by atoms with E-state index in [1.807, 2.05) is 0 Å². The fourth-order valence-electron chi connectivity index (χ4n) is 3.51. The van der Waals surface area contributed by atoms with Crippen molar-refractivity contribution < 1.29 is 4.79 Å². The molecule has 0 spiro atoms. The molecule has 1 unspecified atom stereocenters. The zero-order valence-corrected chi connectivity index (χ0v) is 16.1. The Kier molecular flexibility index (Phi) is 4.53. The molecule has 0 aliphatic heterocycles. The molecular weight excluding hydrogens is 344 g/mol. The number of rotatable bonds is 4. The van der Waals surface area contributed by atoms with Crippen LogP contribution in [-0.4, -0.2) is 31.1 Å². The predicted octanol–water partition coefficient (Wildman–Crippen LogP) is 4.27. The van der Waals surface area contributed by atoms with Crippen molar-refractivity contribution in [1.29, 1.82) is 0 Å². The van der Waals surface area contributed by atoms with Gasteiger partial charge >= 0.3 is 0 Å². The molecule has 1 aromatic carbocycles. The molecule has 1 aliphatic carbocycles. The number of Topliss-reactive ketones (excluding diaryl/α,β-unsaturated/α-hetero) is 1. The summed E-state index contributed by atoms with van der Waals surface area (Å²) in [6.07, 6.45) is 2.97. The van der Waals surface area contributed by atoms with Crippen LogP contribution in [0.4, 0.5) is 0 Å². The monoisotopic (exact) mass is 366 g/mol. The fourth-order valence-corrected chi connectivity index (χ4v) is 4.05. The summed E-state index contributed by atoms with van der Waals surface area (Å²) in [5.41, 5.74) is 4.15. The van der Waals surface area contributed by atoms with E-state index in [9.17, 15) is 4.79 Å². The van der Waals surface area contributed by atoms with Crippen LogP contribution in [0.1, 0.15) is 66.2 Å². The van der Waals surface area contributed by atoms with Crippen LogP contribution < -0.4 is 0 Å². The lowest BCUT2D eigenvalue weighted by molar-refractivity contribution is 0.0962. The second kappa shape index (κ2) is 6.83. The molecule has 26 heavy (non-hydrogen) atoms. The van der Waals surface area contributed by atoms with Gasteiger partial charge in [-0.2, -0.15) is 9.50 Å². The summed E-state index contributed by atoms with van der Waals surface area (Å²) in [5.74, 6) is 2.30. The van der Waals surface area contributed by atoms with Crippen molar-refractivity contribution in [2.45, 2.75) is 50.6 Å². The van der Waals surface area contributed by atoms with Crippen LogP contribution in [0.3, 0.4) is 0 Å². The summed E-state index contributed by atoms with van der Waals surface area (Å²) >= 11 is 1.59. The third kappa shape index (κ3) is 3.03. The molecule has 0 radical (unpaired) electrons. The third-order valence-electron chi connectivity index (χ3n) is 4.97. The van der Waals surface area contributed by atoms with Crippen molar-refractivity contribution >= 4 is 23.3 Å². The van der Waals surface area contributed by atoms with E-state index in [1.54, 1.807) is 22.5 Å². The zero-order chi connectivity index (χ0) is 18.3. The highest BCUT2D eigenvalue weighted by molar-refractivity contribution is 7.99. The predicted molar refractivity (Wildman–Crippen MR) is 103 cm³/mol. The van der Waals surface area contributed by atoms with Crippen LogP contribution in [-0.2, 0) is 6.42 Å². The van der Waals surface area contributed by atoms with Gasteiger partial charge in [-0.15, -0.1) is 5.10 Å². The summed E-state index contributed by atoms with van der Waals surface area (Å²) < 4.78 is 1.76. The van der Waals surface area contributed by atoms with Crippen LogP contribution >= 0.6 is 11.8 Å². The van der Waals surface area contributed by atoms with E-state index in [4.69, 9.17) is 0 Å². The summed E-state index contributed by atoms with van der Waals surface area (Å²) in [5, 5.41) is 5.28. The maximum absolute atomic E-state index is 12.7. The number of benzene rings is 1. The lowest BCUT2D eigenvalue weighted by atomic mass is 9.81. The Morgan fingerprint density at radius 3 is 2.69 bits per heavy atom. The lowest BCUT2D eigenvalue weighted by Gasteiger charge is -2.24. The highest BCUT2D eigenvalue weighted by atomic mass is 32.2. The minimum Gasteiger partial charge on any atom is -0.294 e. The number of carbonyl (C=O) groups is 1. The van der Waals surface area contributed by atoms with Gasteiger partial charge in [-0.05, 0) is 35.1 Å². The molecule has 0 saturated heterocycles. The number of aromatic nitrogens is 4. The average molecular weight is 366 g/mol. The highest BCUT2D eigenvalue weighted by Crippen LogP contribution is 2.33. The maximum Gasteiger partial charge on any atom is 0.253 e. The molecule has 6 heteroatoms. The smallest absolute Gasteiger partial charge is 0.253 e. The van der Waals surface area contributed by atoms with Gasteiger partial charge in [-0.25, -0.2) is 4.98 Å².